The van der Waals surface area contributed by atoms with E-state index in [1.54, 1.807) is 6.26 Å². The van der Waals surface area contributed by atoms with Crippen molar-refractivity contribution in [1.29, 1.82) is 0 Å². The highest BCUT2D eigenvalue weighted by Gasteiger charge is 2.14. The fourth-order valence-corrected chi connectivity index (χ4v) is 2.59. The van der Waals surface area contributed by atoms with Crippen molar-refractivity contribution < 1.29 is 4.42 Å². The van der Waals surface area contributed by atoms with Gasteiger partial charge in [0.05, 0.1) is 6.26 Å². The van der Waals surface area contributed by atoms with E-state index in [1.807, 2.05) is 37.4 Å². The third-order valence-corrected chi connectivity index (χ3v) is 3.49. The van der Waals surface area contributed by atoms with Gasteiger partial charge in [0.1, 0.15) is 5.76 Å². The van der Waals surface area contributed by atoms with Gasteiger partial charge in [0, 0.05) is 22.0 Å². The normalized spacial score (nSPS) is 12.6. The second kappa shape index (κ2) is 5.71. The Morgan fingerprint density at radius 3 is 2.82 bits per heavy atom. The van der Waals surface area contributed by atoms with E-state index >= 15 is 0 Å². The van der Waals surface area contributed by atoms with E-state index in [2.05, 4.69) is 21.2 Å². The molecule has 17 heavy (non-hydrogen) atoms. The smallest absolute Gasteiger partial charge is 0.105 e. The first-order chi connectivity index (χ1) is 8.20. The average Bonchev–Trinajstić information content (AvgIpc) is 2.79. The monoisotopic (exact) mass is 313 g/mol. The van der Waals surface area contributed by atoms with E-state index in [9.17, 15) is 0 Å². The summed E-state index contributed by atoms with van der Waals surface area (Å²) in [6, 6.07) is 9.94. The Hall–Kier alpha value is -0.770. The van der Waals surface area contributed by atoms with E-state index in [0.29, 0.717) is 0 Å². The van der Waals surface area contributed by atoms with Gasteiger partial charge in [-0.2, -0.15) is 0 Å². The van der Waals surface area contributed by atoms with E-state index in [0.717, 1.165) is 27.2 Å². The van der Waals surface area contributed by atoms with Crippen molar-refractivity contribution in [3.05, 3.63) is 57.4 Å². The van der Waals surface area contributed by atoms with Crippen molar-refractivity contribution in [3.8, 4) is 0 Å². The van der Waals surface area contributed by atoms with E-state index < -0.39 is 0 Å². The van der Waals surface area contributed by atoms with Crippen LogP contribution in [0.15, 0.2) is 45.5 Å². The first-order valence-corrected chi connectivity index (χ1v) is 6.52. The topological polar surface area (TPSA) is 25.2 Å². The molecule has 0 aliphatic heterocycles. The van der Waals surface area contributed by atoms with Crippen LogP contribution in [0.3, 0.4) is 0 Å². The molecule has 0 fully saturated rings. The average molecular weight is 315 g/mol. The molecule has 4 heteroatoms. The minimum Gasteiger partial charge on any atom is -0.469 e. The number of benzene rings is 1. The largest absolute Gasteiger partial charge is 0.469 e. The highest BCUT2D eigenvalue weighted by Crippen LogP contribution is 2.28. The first kappa shape index (κ1) is 12.7. The van der Waals surface area contributed by atoms with Crippen LogP contribution >= 0.6 is 27.5 Å². The predicted molar refractivity (Wildman–Crippen MR) is 73.4 cm³/mol. The molecular weight excluding hydrogens is 302 g/mol. The number of hydrogen-bond acceptors (Lipinski definition) is 2. The van der Waals surface area contributed by atoms with E-state index in [1.165, 1.54) is 0 Å². The van der Waals surface area contributed by atoms with Crippen LogP contribution in [0.4, 0.5) is 0 Å². The standard InChI is InChI=1S/C13H13BrClNO/c1-16-13(8-10-3-2-6-17-10)11-5-4-9(14)7-12(11)15/h2-7,13,16H,8H2,1H3. The number of furan rings is 1. The predicted octanol–water partition coefficient (Wildman–Crippen LogP) is 4.20. The van der Waals surface area contributed by atoms with Crippen molar-refractivity contribution in [2.24, 2.45) is 0 Å². The summed E-state index contributed by atoms with van der Waals surface area (Å²) in [4.78, 5) is 0. The molecule has 90 valence electrons. The molecular formula is C13H13BrClNO. The number of halogens is 2. The van der Waals surface area contributed by atoms with Crippen molar-refractivity contribution in [3.63, 3.8) is 0 Å². The molecule has 0 saturated heterocycles. The Morgan fingerprint density at radius 1 is 1.41 bits per heavy atom. The number of hydrogen-bond donors (Lipinski definition) is 1. The van der Waals surface area contributed by atoms with Crippen LogP contribution in [-0.2, 0) is 6.42 Å². The second-order valence-corrected chi connectivity index (χ2v) is 5.11. The van der Waals surface area contributed by atoms with Crippen molar-refractivity contribution in [1.82, 2.24) is 5.32 Å². The molecule has 0 aliphatic rings. The van der Waals surface area contributed by atoms with E-state index in [4.69, 9.17) is 16.0 Å². The van der Waals surface area contributed by atoms with Gasteiger partial charge in [-0.3, -0.25) is 0 Å². The summed E-state index contributed by atoms with van der Waals surface area (Å²) < 4.78 is 6.34. The molecule has 2 nitrogen and oxygen atoms in total. The Bertz CT molecular complexity index is 484. The molecule has 0 aliphatic carbocycles. The molecule has 1 N–H and O–H groups in total. The van der Waals surface area contributed by atoms with Crippen LogP contribution in [0.5, 0.6) is 0 Å². The van der Waals surface area contributed by atoms with Gasteiger partial charge in [0.15, 0.2) is 0 Å². The Kier molecular flexibility index (Phi) is 4.26. The lowest BCUT2D eigenvalue weighted by Crippen LogP contribution is -2.19. The minimum absolute atomic E-state index is 0.154. The molecule has 0 bridgehead atoms. The summed E-state index contributed by atoms with van der Waals surface area (Å²) in [5.74, 6) is 0.948. The summed E-state index contributed by atoms with van der Waals surface area (Å²) in [6.07, 6.45) is 2.47. The molecule has 1 aromatic heterocycles. The minimum atomic E-state index is 0.154. The lowest BCUT2D eigenvalue weighted by Gasteiger charge is -2.17. The second-order valence-electron chi connectivity index (χ2n) is 3.79. The first-order valence-electron chi connectivity index (χ1n) is 5.35. The molecule has 0 radical (unpaired) electrons. The van der Waals surface area contributed by atoms with Gasteiger partial charge in [0.2, 0.25) is 0 Å². The van der Waals surface area contributed by atoms with Gasteiger partial charge in [-0.05, 0) is 36.9 Å². The quantitative estimate of drug-likeness (QED) is 0.915. The summed E-state index contributed by atoms with van der Waals surface area (Å²) in [6.45, 7) is 0. The Labute approximate surface area is 114 Å². The zero-order valence-electron chi connectivity index (χ0n) is 9.41. The zero-order valence-corrected chi connectivity index (χ0v) is 11.8. The third kappa shape index (κ3) is 3.12. The highest BCUT2D eigenvalue weighted by molar-refractivity contribution is 9.10. The molecule has 1 atom stereocenters. The lowest BCUT2D eigenvalue weighted by atomic mass is 10.0. The molecule has 2 aromatic rings. The molecule has 0 amide bonds. The summed E-state index contributed by atoms with van der Waals surface area (Å²) >= 11 is 9.65. The summed E-state index contributed by atoms with van der Waals surface area (Å²) in [7, 11) is 1.92. The highest BCUT2D eigenvalue weighted by atomic mass is 79.9. The van der Waals surface area contributed by atoms with Gasteiger partial charge in [-0.15, -0.1) is 0 Å². The maximum atomic E-state index is 6.24. The SMILES string of the molecule is CNC(Cc1ccco1)c1ccc(Br)cc1Cl. The van der Waals surface area contributed by atoms with Gasteiger partial charge >= 0.3 is 0 Å². The maximum absolute atomic E-state index is 6.24. The molecule has 1 unspecified atom stereocenters. The van der Waals surface area contributed by atoms with Crippen LogP contribution in [0, 0.1) is 0 Å². The zero-order chi connectivity index (χ0) is 12.3. The number of nitrogens with one attached hydrogen (secondary N) is 1. The van der Waals surface area contributed by atoms with E-state index in [-0.39, 0.29) is 6.04 Å². The fourth-order valence-electron chi connectivity index (χ4n) is 1.78. The lowest BCUT2D eigenvalue weighted by molar-refractivity contribution is 0.466. The van der Waals surface area contributed by atoms with Crippen LogP contribution in [0.1, 0.15) is 17.4 Å². The van der Waals surface area contributed by atoms with Crippen LogP contribution in [0.25, 0.3) is 0 Å². The summed E-state index contributed by atoms with van der Waals surface area (Å²) in [5.41, 5.74) is 1.08. The molecule has 1 heterocycles. The fraction of sp³-hybridized carbons (Fsp3) is 0.231. The Morgan fingerprint density at radius 2 is 2.24 bits per heavy atom. The van der Waals surface area contributed by atoms with Crippen LogP contribution in [0.2, 0.25) is 5.02 Å². The molecule has 1 aromatic carbocycles. The number of rotatable bonds is 4. The van der Waals surface area contributed by atoms with Crippen molar-refractivity contribution in [2.75, 3.05) is 7.05 Å². The van der Waals surface area contributed by atoms with Crippen LogP contribution < -0.4 is 5.32 Å². The number of likely N-dealkylation sites (N-methyl/N-ethyl adjacent to an activating group) is 1. The molecule has 0 spiro atoms. The van der Waals surface area contributed by atoms with Crippen molar-refractivity contribution in [2.45, 2.75) is 12.5 Å². The van der Waals surface area contributed by atoms with Gasteiger partial charge in [-0.25, -0.2) is 0 Å². The molecule has 2 rings (SSSR count). The van der Waals surface area contributed by atoms with Gasteiger partial charge in [0.25, 0.3) is 0 Å². The maximum Gasteiger partial charge on any atom is 0.105 e. The third-order valence-electron chi connectivity index (χ3n) is 2.67. The van der Waals surface area contributed by atoms with Gasteiger partial charge < -0.3 is 9.73 Å². The summed E-state index contributed by atoms with van der Waals surface area (Å²) in [5, 5.41) is 4.01. The van der Waals surface area contributed by atoms with Crippen molar-refractivity contribution >= 4 is 27.5 Å². The van der Waals surface area contributed by atoms with Gasteiger partial charge in [-0.1, -0.05) is 33.6 Å². The molecule has 0 saturated carbocycles. The Balaban J connectivity index is 2.23. The van der Waals surface area contributed by atoms with Crippen LogP contribution in [-0.4, -0.2) is 7.05 Å².